The van der Waals surface area contributed by atoms with Gasteiger partial charge in [-0.15, -0.1) is 11.8 Å². The molecule has 0 heterocycles. The van der Waals surface area contributed by atoms with E-state index in [0.717, 1.165) is 11.1 Å². The van der Waals surface area contributed by atoms with E-state index in [4.69, 9.17) is 0 Å². The van der Waals surface area contributed by atoms with Crippen molar-refractivity contribution in [3.8, 4) is 0 Å². The Morgan fingerprint density at radius 2 is 1.70 bits per heavy atom. The summed E-state index contributed by atoms with van der Waals surface area (Å²) in [7, 11) is 0. The molecule has 0 saturated heterocycles. The predicted octanol–water partition coefficient (Wildman–Crippen LogP) is 4.43. The zero-order valence-corrected chi connectivity index (χ0v) is 18.8. The second kappa shape index (κ2) is 12.4. The van der Waals surface area contributed by atoms with Crippen molar-refractivity contribution >= 4 is 23.6 Å². The number of amides is 2. The highest BCUT2D eigenvalue weighted by Gasteiger charge is 2.28. The molecule has 1 N–H and O–H groups in total. The molecule has 0 saturated carbocycles. The summed E-state index contributed by atoms with van der Waals surface area (Å²) < 4.78 is 13.1. The molecule has 162 valence electrons. The van der Waals surface area contributed by atoms with E-state index >= 15 is 0 Å². The lowest BCUT2D eigenvalue weighted by Crippen LogP contribution is -2.51. The van der Waals surface area contributed by atoms with Crippen LogP contribution in [0.5, 0.6) is 0 Å². The van der Waals surface area contributed by atoms with Gasteiger partial charge < -0.3 is 10.2 Å². The van der Waals surface area contributed by atoms with Crippen molar-refractivity contribution in [2.75, 3.05) is 12.3 Å². The van der Waals surface area contributed by atoms with Crippen LogP contribution in [0.2, 0.25) is 0 Å². The summed E-state index contributed by atoms with van der Waals surface area (Å²) in [4.78, 5) is 27.5. The number of hydrogen-bond donors (Lipinski definition) is 1. The molecule has 0 aliphatic heterocycles. The van der Waals surface area contributed by atoms with E-state index in [0.29, 0.717) is 25.1 Å². The summed E-state index contributed by atoms with van der Waals surface area (Å²) in [6, 6.07) is 15.8. The van der Waals surface area contributed by atoms with E-state index in [9.17, 15) is 14.0 Å². The number of thioether (sulfide) groups is 1. The van der Waals surface area contributed by atoms with Crippen molar-refractivity contribution < 1.29 is 14.0 Å². The van der Waals surface area contributed by atoms with Crippen molar-refractivity contribution in [1.29, 1.82) is 0 Å². The number of hydrogen-bond acceptors (Lipinski definition) is 3. The monoisotopic (exact) mass is 430 g/mol. The number of halogens is 1. The second-order valence-electron chi connectivity index (χ2n) is 7.53. The average molecular weight is 431 g/mol. The predicted molar refractivity (Wildman–Crippen MR) is 122 cm³/mol. The Balaban J connectivity index is 2.04. The summed E-state index contributed by atoms with van der Waals surface area (Å²) in [5, 5.41) is 2.94. The van der Waals surface area contributed by atoms with Crippen LogP contribution in [0.4, 0.5) is 4.39 Å². The minimum Gasteiger partial charge on any atom is -0.352 e. The molecule has 0 aliphatic rings. The first kappa shape index (κ1) is 23.9. The van der Waals surface area contributed by atoms with Gasteiger partial charge in [0.25, 0.3) is 0 Å². The fourth-order valence-corrected chi connectivity index (χ4v) is 4.07. The van der Waals surface area contributed by atoms with E-state index in [1.807, 2.05) is 51.1 Å². The molecule has 0 aliphatic carbocycles. The number of nitrogens with one attached hydrogen (secondary N) is 1. The van der Waals surface area contributed by atoms with Crippen LogP contribution in [-0.2, 0) is 21.8 Å². The van der Waals surface area contributed by atoms with Gasteiger partial charge in [-0.05, 0) is 49.9 Å². The first-order valence-corrected chi connectivity index (χ1v) is 11.5. The van der Waals surface area contributed by atoms with Gasteiger partial charge in [0.15, 0.2) is 0 Å². The summed E-state index contributed by atoms with van der Waals surface area (Å²) in [6.45, 7) is 6.25. The van der Waals surface area contributed by atoms with Gasteiger partial charge in [0, 0.05) is 18.3 Å². The lowest BCUT2D eigenvalue weighted by molar-refractivity contribution is -0.139. The van der Waals surface area contributed by atoms with Gasteiger partial charge in [-0.2, -0.15) is 0 Å². The highest BCUT2D eigenvalue weighted by atomic mass is 32.2. The Labute approximate surface area is 183 Å². The van der Waals surface area contributed by atoms with E-state index in [1.54, 1.807) is 17.0 Å². The Kier molecular flexibility index (Phi) is 9.87. The zero-order valence-electron chi connectivity index (χ0n) is 17.9. The Morgan fingerprint density at radius 3 is 2.30 bits per heavy atom. The van der Waals surface area contributed by atoms with Crippen LogP contribution >= 0.6 is 11.8 Å². The first-order valence-electron chi connectivity index (χ1n) is 10.4. The normalized spacial score (nSPS) is 11.9. The Bertz CT molecular complexity index is 797. The Hall–Kier alpha value is -2.34. The maximum atomic E-state index is 13.1. The van der Waals surface area contributed by atoms with Crippen molar-refractivity contribution in [2.24, 2.45) is 0 Å². The highest BCUT2D eigenvalue weighted by Crippen LogP contribution is 2.16. The van der Waals surface area contributed by atoms with E-state index in [-0.39, 0.29) is 29.4 Å². The van der Waals surface area contributed by atoms with Crippen LogP contribution in [0.1, 0.15) is 38.3 Å². The van der Waals surface area contributed by atoms with Gasteiger partial charge in [0.2, 0.25) is 11.8 Å². The number of carbonyl (C=O) groups is 2. The molecule has 0 fully saturated rings. The van der Waals surface area contributed by atoms with Crippen LogP contribution in [0.15, 0.2) is 54.6 Å². The number of nitrogens with zero attached hydrogens (tertiary/aromatic N) is 1. The maximum absolute atomic E-state index is 13.1. The third kappa shape index (κ3) is 7.82. The molecule has 0 aromatic heterocycles. The number of rotatable bonds is 11. The van der Waals surface area contributed by atoms with Crippen molar-refractivity contribution in [2.45, 2.75) is 51.4 Å². The summed E-state index contributed by atoms with van der Waals surface area (Å²) in [5.41, 5.74) is 2.10. The molecule has 0 spiro atoms. The molecule has 1 atom stereocenters. The van der Waals surface area contributed by atoms with Crippen LogP contribution in [-0.4, -0.2) is 41.1 Å². The van der Waals surface area contributed by atoms with Crippen LogP contribution in [0.3, 0.4) is 0 Å². The van der Waals surface area contributed by atoms with Crippen LogP contribution in [0, 0.1) is 5.82 Å². The third-order valence-electron chi connectivity index (χ3n) is 4.71. The lowest BCUT2D eigenvalue weighted by Gasteiger charge is -2.31. The second-order valence-corrected chi connectivity index (χ2v) is 8.51. The van der Waals surface area contributed by atoms with E-state index in [1.165, 1.54) is 23.9 Å². The van der Waals surface area contributed by atoms with Crippen LogP contribution < -0.4 is 5.32 Å². The lowest BCUT2D eigenvalue weighted by atomic mass is 10.1. The molecule has 2 aromatic carbocycles. The quantitative estimate of drug-likeness (QED) is 0.574. The molecule has 0 unspecified atom stereocenters. The molecule has 4 nitrogen and oxygen atoms in total. The molecule has 2 rings (SSSR count). The zero-order chi connectivity index (χ0) is 21.9. The smallest absolute Gasteiger partial charge is 0.242 e. The molecule has 30 heavy (non-hydrogen) atoms. The summed E-state index contributed by atoms with van der Waals surface area (Å²) >= 11 is 1.48. The van der Waals surface area contributed by atoms with Gasteiger partial charge in [0.1, 0.15) is 11.9 Å². The fraction of sp³-hybridized carbons (Fsp3) is 0.417. The standard InChI is InChI=1S/C24H31FN2O2S/c1-4-22(24(29)26-18(2)3)27(15-14-19-8-6-5-7-9-19)23(28)17-30-16-20-10-12-21(25)13-11-20/h5-13,18,22H,4,14-17H2,1-3H3,(H,26,29)/t22-/m0/s1. The first-order chi connectivity index (χ1) is 14.4. The SMILES string of the molecule is CC[C@@H](C(=O)NC(C)C)N(CCc1ccccc1)C(=O)CSCc1ccc(F)cc1. The molecular weight excluding hydrogens is 399 g/mol. The summed E-state index contributed by atoms with van der Waals surface area (Å²) in [6.07, 6.45) is 1.25. The van der Waals surface area contributed by atoms with Crippen LogP contribution in [0.25, 0.3) is 0 Å². The molecule has 2 amide bonds. The van der Waals surface area contributed by atoms with Crippen molar-refractivity contribution in [3.63, 3.8) is 0 Å². The van der Waals surface area contributed by atoms with Crippen molar-refractivity contribution in [3.05, 3.63) is 71.5 Å². The van der Waals surface area contributed by atoms with Gasteiger partial charge in [-0.3, -0.25) is 9.59 Å². The maximum Gasteiger partial charge on any atom is 0.242 e. The van der Waals surface area contributed by atoms with E-state index in [2.05, 4.69) is 5.32 Å². The molecular formula is C24H31FN2O2S. The minimum absolute atomic E-state index is 0.0190. The largest absolute Gasteiger partial charge is 0.352 e. The minimum atomic E-state index is -0.491. The van der Waals surface area contributed by atoms with Gasteiger partial charge >= 0.3 is 0 Å². The molecule has 0 radical (unpaired) electrons. The van der Waals surface area contributed by atoms with Gasteiger partial charge in [-0.25, -0.2) is 4.39 Å². The van der Waals surface area contributed by atoms with Gasteiger partial charge in [0.05, 0.1) is 5.75 Å². The van der Waals surface area contributed by atoms with Gasteiger partial charge in [-0.1, -0.05) is 49.4 Å². The number of carbonyl (C=O) groups excluding carboxylic acids is 2. The van der Waals surface area contributed by atoms with E-state index < -0.39 is 6.04 Å². The topological polar surface area (TPSA) is 49.4 Å². The number of benzene rings is 2. The average Bonchev–Trinajstić information content (AvgIpc) is 2.72. The summed E-state index contributed by atoms with van der Waals surface area (Å²) in [5.74, 6) is 0.459. The molecule has 6 heteroatoms. The highest BCUT2D eigenvalue weighted by molar-refractivity contribution is 7.99. The van der Waals surface area contributed by atoms with Crippen molar-refractivity contribution in [1.82, 2.24) is 10.2 Å². The molecule has 2 aromatic rings. The third-order valence-corrected chi connectivity index (χ3v) is 5.70. The fourth-order valence-electron chi connectivity index (χ4n) is 3.20. The Morgan fingerprint density at radius 1 is 1.03 bits per heavy atom. The molecule has 0 bridgehead atoms.